The molecule has 3 heterocycles. The Balaban J connectivity index is 1.54. The zero-order valence-corrected chi connectivity index (χ0v) is 20.8. The third kappa shape index (κ3) is 3.35. The van der Waals surface area contributed by atoms with Crippen molar-refractivity contribution in [3.63, 3.8) is 0 Å². The van der Waals surface area contributed by atoms with Gasteiger partial charge in [-0.3, -0.25) is 18.6 Å². The molecule has 0 aliphatic carbocycles. The Kier molecular flexibility index (Phi) is 5.22. The summed E-state index contributed by atoms with van der Waals surface area (Å²) in [6, 6.07) is 20.7. The predicted molar refractivity (Wildman–Crippen MR) is 142 cm³/mol. The number of hydrogen-bond acceptors (Lipinski definition) is 6. The third-order valence-corrected chi connectivity index (χ3v) is 7.54. The fourth-order valence-corrected chi connectivity index (χ4v) is 5.41. The molecule has 0 atom stereocenters. The van der Waals surface area contributed by atoms with E-state index in [9.17, 15) is 9.59 Å². The highest BCUT2D eigenvalue weighted by molar-refractivity contribution is 7.98. The van der Waals surface area contributed by atoms with Crippen molar-refractivity contribution in [3.05, 3.63) is 104 Å². The molecule has 0 N–H and O–H groups in total. The largest absolute Gasteiger partial charge is 0.299 e. The van der Waals surface area contributed by atoms with Crippen LogP contribution >= 0.6 is 11.8 Å². The Morgan fingerprint density at radius 1 is 0.833 bits per heavy atom. The lowest BCUT2D eigenvalue weighted by Crippen LogP contribution is -2.23. The van der Waals surface area contributed by atoms with Gasteiger partial charge in [0.2, 0.25) is 5.78 Å². The molecule has 0 amide bonds. The highest BCUT2D eigenvalue weighted by Gasteiger charge is 2.20. The highest BCUT2D eigenvalue weighted by atomic mass is 32.2. The lowest BCUT2D eigenvalue weighted by molar-refractivity contribution is 0.783. The van der Waals surface area contributed by atoms with Gasteiger partial charge in [0.15, 0.2) is 5.16 Å². The van der Waals surface area contributed by atoms with Gasteiger partial charge in [0.25, 0.3) is 11.1 Å². The summed E-state index contributed by atoms with van der Waals surface area (Å²) in [5.41, 5.74) is 4.03. The zero-order chi connectivity index (χ0) is 25.0. The number of thioether (sulfide) groups is 1. The van der Waals surface area contributed by atoms with Crippen LogP contribution in [-0.4, -0.2) is 28.7 Å². The summed E-state index contributed by atoms with van der Waals surface area (Å²) >= 11 is 1.42. The van der Waals surface area contributed by atoms with Crippen LogP contribution in [0.3, 0.4) is 0 Å². The van der Waals surface area contributed by atoms with Gasteiger partial charge < -0.3 is 0 Å². The molecular weight excluding hydrogens is 472 g/mol. The maximum Gasteiger partial charge on any atom is 0.267 e. The zero-order valence-electron chi connectivity index (χ0n) is 20.0. The van der Waals surface area contributed by atoms with Crippen LogP contribution in [0.5, 0.6) is 0 Å². The second-order valence-electron chi connectivity index (χ2n) is 8.69. The minimum absolute atomic E-state index is 0.0866. The topological polar surface area (TPSA) is 87.1 Å². The molecule has 0 unspecified atom stereocenters. The molecule has 0 fully saturated rings. The normalized spacial score (nSPS) is 11.6. The Morgan fingerprint density at radius 3 is 2.42 bits per heavy atom. The number of nitrogens with zero attached hydrogens (tertiary/aromatic N) is 6. The fourth-order valence-electron chi connectivity index (χ4n) is 4.49. The number of hydrogen-bond donors (Lipinski definition) is 0. The molecule has 9 heteroatoms. The quantitative estimate of drug-likeness (QED) is 0.342. The summed E-state index contributed by atoms with van der Waals surface area (Å²) in [6.07, 6.45) is 0. The monoisotopic (exact) mass is 494 g/mol. The van der Waals surface area contributed by atoms with Crippen LogP contribution in [0.2, 0.25) is 0 Å². The Morgan fingerprint density at radius 2 is 1.58 bits per heavy atom. The molecule has 0 saturated carbocycles. The first-order chi connectivity index (χ1) is 17.5. The molecule has 0 bridgehead atoms. The Hall–Kier alpha value is -4.24. The first-order valence-corrected chi connectivity index (χ1v) is 12.5. The van der Waals surface area contributed by atoms with Crippen molar-refractivity contribution in [2.24, 2.45) is 7.05 Å². The maximum absolute atomic E-state index is 13.6. The first kappa shape index (κ1) is 22.2. The molecule has 0 radical (unpaired) electrons. The fraction of sp³-hybridized carbons (Fsp3) is 0.148. The summed E-state index contributed by atoms with van der Waals surface area (Å²) in [5.74, 6) is 1.48. The number of para-hydroxylation sites is 2. The Labute approximate surface area is 209 Å². The van der Waals surface area contributed by atoms with Gasteiger partial charge in [-0.15, -0.1) is 10.2 Å². The molecule has 0 spiro atoms. The molecule has 0 aliphatic heterocycles. The van der Waals surface area contributed by atoms with Gasteiger partial charge in [-0.05, 0) is 55.3 Å². The van der Waals surface area contributed by atoms with Gasteiger partial charge in [-0.2, -0.15) is 0 Å². The van der Waals surface area contributed by atoms with Crippen LogP contribution in [0.15, 0.2) is 81.5 Å². The molecule has 3 aromatic carbocycles. The standard InChI is InChI=1S/C27H22N6O2S/c1-16-9-8-14-21(17(16)2)32-25(35)19-11-5-7-13-22(19)33-26(32)29-30-27(33)36-15-23-28-20-12-6-4-10-18(20)24(34)31(23)3/h4-14H,15H2,1-3H3. The van der Waals surface area contributed by atoms with Gasteiger partial charge in [0.1, 0.15) is 5.82 Å². The van der Waals surface area contributed by atoms with E-state index in [1.807, 2.05) is 78.9 Å². The molecule has 0 aliphatic rings. The van der Waals surface area contributed by atoms with Gasteiger partial charge in [-0.1, -0.05) is 48.2 Å². The number of aromatic nitrogens is 6. The van der Waals surface area contributed by atoms with Crippen LogP contribution in [0.1, 0.15) is 17.0 Å². The summed E-state index contributed by atoms with van der Waals surface area (Å²) in [4.78, 5) is 31.2. The van der Waals surface area contributed by atoms with E-state index in [4.69, 9.17) is 4.98 Å². The first-order valence-electron chi connectivity index (χ1n) is 11.5. The molecule has 3 aromatic heterocycles. The summed E-state index contributed by atoms with van der Waals surface area (Å²) in [5, 5.41) is 10.7. The molecule has 0 saturated heterocycles. The van der Waals surface area contributed by atoms with Crippen LogP contribution in [0.4, 0.5) is 0 Å². The minimum atomic E-state index is -0.144. The van der Waals surface area contributed by atoms with E-state index in [-0.39, 0.29) is 11.1 Å². The van der Waals surface area contributed by atoms with Gasteiger partial charge >= 0.3 is 0 Å². The minimum Gasteiger partial charge on any atom is -0.299 e. The van der Waals surface area contributed by atoms with E-state index < -0.39 is 0 Å². The van der Waals surface area contributed by atoms with E-state index in [0.29, 0.717) is 38.8 Å². The maximum atomic E-state index is 13.6. The van der Waals surface area contributed by atoms with Crippen molar-refractivity contribution in [1.29, 1.82) is 0 Å². The second-order valence-corrected chi connectivity index (χ2v) is 9.64. The van der Waals surface area contributed by atoms with Crippen LogP contribution < -0.4 is 11.1 Å². The number of fused-ring (bicyclic) bond motifs is 4. The van der Waals surface area contributed by atoms with E-state index in [0.717, 1.165) is 22.3 Å². The summed E-state index contributed by atoms with van der Waals surface area (Å²) in [7, 11) is 1.73. The summed E-state index contributed by atoms with van der Waals surface area (Å²) < 4.78 is 5.11. The van der Waals surface area contributed by atoms with E-state index >= 15 is 0 Å². The third-order valence-electron chi connectivity index (χ3n) is 6.62. The van der Waals surface area contributed by atoms with Crippen molar-refractivity contribution < 1.29 is 0 Å². The number of aryl methyl sites for hydroxylation is 1. The average molecular weight is 495 g/mol. The lowest BCUT2D eigenvalue weighted by Gasteiger charge is -2.14. The smallest absolute Gasteiger partial charge is 0.267 e. The lowest BCUT2D eigenvalue weighted by atomic mass is 10.1. The summed E-state index contributed by atoms with van der Waals surface area (Å²) in [6.45, 7) is 4.02. The van der Waals surface area contributed by atoms with Crippen LogP contribution in [0.25, 0.3) is 33.3 Å². The van der Waals surface area contributed by atoms with E-state index in [2.05, 4.69) is 10.2 Å². The number of benzene rings is 3. The number of rotatable bonds is 4. The Bertz CT molecular complexity index is 1940. The van der Waals surface area contributed by atoms with Gasteiger partial charge in [0, 0.05) is 7.05 Å². The SMILES string of the molecule is Cc1cccc(-n2c(=O)c3ccccc3n3c(SCc4nc5ccccc5c(=O)n4C)nnc23)c1C. The molecule has 178 valence electrons. The van der Waals surface area contributed by atoms with E-state index in [1.165, 1.54) is 11.8 Å². The van der Waals surface area contributed by atoms with Gasteiger partial charge in [0.05, 0.1) is 33.2 Å². The van der Waals surface area contributed by atoms with Crippen LogP contribution in [0, 0.1) is 13.8 Å². The average Bonchev–Trinajstić information content (AvgIpc) is 3.31. The molecular formula is C27H22N6O2S. The molecule has 36 heavy (non-hydrogen) atoms. The molecule has 6 rings (SSSR count). The van der Waals surface area contributed by atoms with Gasteiger partial charge in [-0.25, -0.2) is 9.55 Å². The molecule has 6 aromatic rings. The van der Waals surface area contributed by atoms with Crippen LogP contribution in [-0.2, 0) is 12.8 Å². The van der Waals surface area contributed by atoms with Crippen molar-refractivity contribution in [3.8, 4) is 5.69 Å². The van der Waals surface area contributed by atoms with Crippen molar-refractivity contribution >= 4 is 39.3 Å². The van der Waals surface area contributed by atoms with Crippen molar-refractivity contribution in [1.82, 2.24) is 28.7 Å². The van der Waals surface area contributed by atoms with E-state index in [1.54, 1.807) is 22.2 Å². The molecule has 8 nitrogen and oxygen atoms in total. The van der Waals surface area contributed by atoms with Crippen molar-refractivity contribution in [2.75, 3.05) is 0 Å². The van der Waals surface area contributed by atoms with Crippen molar-refractivity contribution in [2.45, 2.75) is 24.8 Å². The highest BCUT2D eigenvalue weighted by Crippen LogP contribution is 2.26. The second kappa shape index (κ2) is 8.46. The predicted octanol–water partition coefficient (Wildman–Crippen LogP) is 4.19.